The fourth-order valence-electron chi connectivity index (χ4n) is 13.3. The SMILES string of the molecule is c1ccc(-c2ccc3c(c2)c2cc(-c4ccccc4)nc4c5cc6c7nc(-c8ccccc8)cc8c9cc(-c%10ccccc%10)ncc9n(c6c(-c6ccc9c(c6)c6cccc%10c%11ccccc%11n9c%106)c5n3c24)c87)cc1. The van der Waals surface area contributed by atoms with E-state index in [1.807, 2.05) is 0 Å². The standard InChI is InChI=1S/C69H38N6/c1-5-16-39(17-6-1)43-28-30-60-49(32-43)51-36-56(41-20-9-3-10-21-41)71-63-53-34-54-64-69-52(37-57(72-64)42-22-11-4-12-23-42)50-35-55(40-18-7-2-8-19-40)70-38-61(50)75(69)67(54)62(66(53)74(60)68(51)63)44-29-31-59-48(33-44)47-26-15-25-46-45-24-13-14-27-58(45)73(59)65(46)47/h1-38H. The molecule has 18 aromatic rings. The number of rotatable bonds is 5. The second kappa shape index (κ2) is 14.3. The van der Waals surface area contributed by atoms with E-state index in [1.54, 1.807) is 0 Å². The first-order valence-electron chi connectivity index (χ1n) is 25.7. The van der Waals surface area contributed by atoms with Crippen LogP contribution in [-0.2, 0) is 0 Å². The van der Waals surface area contributed by atoms with Crippen molar-refractivity contribution in [3.63, 3.8) is 0 Å². The molecule has 9 heterocycles. The lowest BCUT2D eigenvalue weighted by Gasteiger charge is -2.12. The van der Waals surface area contributed by atoms with Gasteiger partial charge < -0.3 is 13.2 Å². The number of fused-ring (bicyclic) bond motifs is 18. The predicted molar refractivity (Wildman–Crippen MR) is 311 cm³/mol. The highest BCUT2D eigenvalue weighted by atomic mass is 15.0. The lowest BCUT2D eigenvalue weighted by Crippen LogP contribution is -1.92. The summed E-state index contributed by atoms with van der Waals surface area (Å²) < 4.78 is 7.50. The van der Waals surface area contributed by atoms with E-state index in [9.17, 15) is 0 Å². The zero-order chi connectivity index (χ0) is 48.6. The molecule has 0 aliphatic carbocycles. The zero-order valence-electron chi connectivity index (χ0n) is 40.1. The van der Waals surface area contributed by atoms with E-state index in [2.05, 4.69) is 244 Å². The largest absolute Gasteiger partial charge is 0.308 e. The summed E-state index contributed by atoms with van der Waals surface area (Å²) in [6, 6.07) is 81.6. The maximum atomic E-state index is 5.73. The van der Waals surface area contributed by atoms with Gasteiger partial charge in [0, 0.05) is 76.1 Å². The number of pyridine rings is 3. The summed E-state index contributed by atoms with van der Waals surface area (Å²) in [6.45, 7) is 0. The molecule has 9 aromatic heterocycles. The first-order valence-corrected chi connectivity index (χ1v) is 25.7. The third-order valence-corrected chi connectivity index (χ3v) is 16.4. The minimum Gasteiger partial charge on any atom is -0.308 e. The molecule has 0 aliphatic heterocycles. The lowest BCUT2D eigenvalue weighted by atomic mass is 9.96. The first-order chi connectivity index (χ1) is 37.2. The van der Waals surface area contributed by atoms with Crippen LogP contribution in [0.2, 0.25) is 0 Å². The second-order valence-corrected chi connectivity index (χ2v) is 20.3. The Labute approximate surface area is 427 Å². The molecule has 344 valence electrons. The molecule has 0 aliphatic rings. The maximum absolute atomic E-state index is 5.73. The van der Waals surface area contributed by atoms with E-state index < -0.39 is 0 Å². The summed E-state index contributed by atoms with van der Waals surface area (Å²) >= 11 is 0. The van der Waals surface area contributed by atoms with Crippen LogP contribution < -0.4 is 0 Å². The Hall–Kier alpha value is -10.2. The zero-order valence-corrected chi connectivity index (χ0v) is 40.1. The monoisotopic (exact) mass is 950 g/mol. The van der Waals surface area contributed by atoms with Gasteiger partial charge in [-0.05, 0) is 71.3 Å². The minimum absolute atomic E-state index is 0.933. The van der Waals surface area contributed by atoms with E-state index in [0.717, 1.165) is 111 Å². The van der Waals surface area contributed by atoms with Crippen LogP contribution in [-0.4, -0.2) is 28.2 Å². The molecule has 9 aromatic carbocycles. The van der Waals surface area contributed by atoms with Crippen molar-refractivity contribution in [2.24, 2.45) is 0 Å². The average Bonchev–Trinajstić information content (AvgIpc) is 4.41. The van der Waals surface area contributed by atoms with Gasteiger partial charge in [0.2, 0.25) is 0 Å². The topological polar surface area (TPSA) is 51.9 Å². The van der Waals surface area contributed by atoms with Gasteiger partial charge in [0.05, 0.1) is 84.0 Å². The molecule has 0 fully saturated rings. The lowest BCUT2D eigenvalue weighted by molar-refractivity contribution is 1.30. The van der Waals surface area contributed by atoms with Crippen molar-refractivity contribution in [1.29, 1.82) is 0 Å². The molecule has 0 spiro atoms. The first kappa shape index (κ1) is 39.4. The van der Waals surface area contributed by atoms with Crippen molar-refractivity contribution in [3.05, 3.63) is 231 Å². The van der Waals surface area contributed by atoms with Gasteiger partial charge in [0.15, 0.2) is 0 Å². The predicted octanol–water partition coefficient (Wildman–Crippen LogP) is 17.7. The third kappa shape index (κ3) is 5.14. The fraction of sp³-hybridized carbons (Fsp3) is 0. The Kier molecular flexibility index (Phi) is 7.51. The fourth-order valence-corrected chi connectivity index (χ4v) is 13.3. The molecule has 0 saturated carbocycles. The Bertz CT molecular complexity index is 5140. The van der Waals surface area contributed by atoms with E-state index in [-0.39, 0.29) is 0 Å². The summed E-state index contributed by atoms with van der Waals surface area (Å²) in [5.41, 5.74) is 22.9. The molecule has 75 heavy (non-hydrogen) atoms. The Balaban J connectivity index is 1.07. The highest BCUT2D eigenvalue weighted by molar-refractivity contribution is 6.33. The summed E-state index contributed by atoms with van der Waals surface area (Å²) in [5, 5.41) is 11.8. The van der Waals surface area contributed by atoms with Gasteiger partial charge in [0.1, 0.15) is 0 Å². The number of benzene rings is 9. The third-order valence-electron chi connectivity index (χ3n) is 16.4. The maximum Gasteiger partial charge on any atom is 0.0977 e. The normalized spacial score (nSPS) is 12.5. The van der Waals surface area contributed by atoms with Crippen molar-refractivity contribution < 1.29 is 0 Å². The van der Waals surface area contributed by atoms with Gasteiger partial charge in [0.25, 0.3) is 0 Å². The smallest absolute Gasteiger partial charge is 0.0977 e. The van der Waals surface area contributed by atoms with Crippen LogP contribution in [0.15, 0.2) is 231 Å². The summed E-state index contributed by atoms with van der Waals surface area (Å²) in [4.78, 5) is 16.7. The van der Waals surface area contributed by atoms with Crippen molar-refractivity contribution in [1.82, 2.24) is 28.2 Å². The van der Waals surface area contributed by atoms with Gasteiger partial charge in [-0.1, -0.05) is 170 Å². The van der Waals surface area contributed by atoms with Crippen molar-refractivity contribution in [2.45, 2.75) is 0 Å². The quantitative estimate of drug-likeness (QED) is 0.173. The molecule has 18 rings (SSSR count). The summed E-state index contributed by atoms with van der Waals surface area (Å²) in [6.07, 6.45) is 2.09. The van der Waals surface area contributed by atoms with Gasteiger partial charge in [-0.3, -0.25) is 4.98 Å². The molecule has 0 bridgehead atoms. The van der Waals surface area contributed by atoms with Crippen LogP contribution >= 0.6 is 0 Å². The van der Waals surface area contributed by atoms with Crippen LogP contribution in [0.4, 0.5) is 0 Å². The van der Waals surface area contributed by atoms with Gasteiger partial charge in [-0.25, -0.2) is 9.97 Å². The highest BCUT2D eigenvalue weighted by Crippen LogP contribution is 2.51. The number of aromatic nitrogens is 6. The van der Waals surface area contributed by atoms with Crippen LogP contribution in [0.5, 0.6) is 0 Å². The van der Waals surface area contributed by atoms with Crippen LogP contribution in [0.25, 0.3) is 171 Å². The number of para-hydroxylation sites is 2. The molecular weight excluding hydrogens is 913 g/mol. The van der Waals surface area contributed by atoms with Gasteiger partial charge in [-0.15, -0.1) is 0 Å². The number of nitrogens with zero attached hydrogens (tertiary/aromatic N) is 6. The second-order valence-electron chi connectivity index (χ2n) is 20.3. The molecule has 6 heteroatoms. The molecule has 0 atom stereocenters. The van der Waals surface area contributed by atoms with E-state index in [0.29, 0.717) is 0 Å². The molecule has 0 amide bonds. The van der Waals surface area contributed by atoms with Crippen LogP contribution in [0.3, 0.4) is 0 Å². The van der Waals surface area contributed by atoms with Crippen molar-refractivity contribution >= 4 is 115 Å². The van der Waals surface area contributed by atoms with Crippen molar-refractivity contribution in [3.8, 4) is 56.0 Å². The Morgan fingerprint density at radius 2 is 0.693 bits per heavy atom. The van der Waals surface area contributed by atoms with E-state index >= 15 is 0 Å². The van der Waals surface area contributed by atoms with Gasteiger partial charge in [-0.2, -0.15) is 0 Å². The van der Waals surface area contributed by atoms with E-state index in [1.165, 1.54) is 60.0 Å². The van der Waals surface area contributed by atoms with Gasteiger partial charge >= 0.3 is 0 Å². The average molecular weight is 951 g/mol. The molecule has 6 nitrogen and oxygen atoms in total. The molecule has 0 saturated heterocycles. The highest BCUT2D eigenvalue weighted by Gasteiger charge is 2.30. The molecule has 0 radical (unpaired) electrons. The number of hydrogen-bond acceptors (Lipinski definition) is 3. The Morgan fingerprint density at radius 1 is 0.240 bits per heavy atom. The minimum atomic E-state index is 0.933. The summed E-state index contributed by atoms with van der Waals surface area (Å²) in [5.74, 6) is 0. The van der Waals surface area contributed by atoms with Crippen LogP contribution in [0, 0.1) is 0 Å². The van der Waals surface area contributed by atoms with Crippen molar-refractivity contribution in [2.75, 3.05) is 0 Å². The summed E-state index contributed by atoms with van der Waals surface area (Å²) in [7, 11) is 0. The van der Waals surface area contributed by atoms with Crippen LogP contribution in [0.1, 0.15) is 0 Å². The number of hydrogen-bond donors (Lipinski definition) is 0. The Morgan fingerprint density at radius 3 is 1.33 bits per heavy atom. The van der Waals surface area contributed by atoms with E-state index in [4.69, 9.17) is 15.0 Å². The molecular formula is C69H38N6. The molecule has 0 unspecified atom stereocenters. The molecule has 0 N–H and O–H groups in total.